The zero-order valence-corrected chi connectivity index (χ0v) is 7.85. The van der Waals surface area contributed by atoms with Crippen LogP contribution >= 0.6 is 11.3 Å². The van der Waals surface area contributed by atoms with Gasteiger partial charge in [-0.2, -0.15) is 0 Å². The van der Waals surface area contributed by atoms with E-state index >= 15 is 0 Å². The average Bonchev–Trinajstić information content (AvgIpc) is 2.52. The standard InChI is InChI=1S/C7H9N3O2S/c1-4(11)5-3-9-7(13-5)10-6(12)2-8/h3H,2,8H2,1H3,(H,9,10,12). The lowest BCUT2D eigenvalue weighted by atomic mass is 10.4. The highest BCUT2D eigenvalue weighted by molar-refractivity contribution is 7.17. The number of hydrogen-bond donors (Lipinski definition) is 2. The molecule has 1 aromatic rings. The van der Waals surface area contributed by atoms with Gasteiger partial charge in [-0.1, -0.05) is 11.3 Å². The van der Waals surface area contributed by atoms with E-state index < -0.39 is 0 Å². The number of nitrogens with zero attached hydrogens (tertiary/aromatic N) is 1. The molecule has 6 heteroatoms. The van der Waals surface area contributed by atoms with E-state index in [0.29, 0.717) is 10.0 Å². The number of amides is 1. The van der Waals surface area contributed by atoms with Gasteiger partial charge in [-0.25, -0.2) is 4.98 Å². The van der Waals surface area contributed by atoms with Gasteiger partial charge < -0.3 is 11.1 Å². The minimum absolute atomic E-state index is 0.0641. The van der Waals surface area contributed by atoms with Crippen LogP contribution in [0.15, 0.2) is 6.20 Å². The number of hydrogen-bond acceptors (Lipinski definition) is 5. The van der Waals surface area contributed by atoms with Crippen molar-refractivity contribution in [2.45, 2.75) is 6.92 Å². The first-order valence-corrected chi connectivity index (χ1v) is 4.42. The number of rotatable bonds is 3. The Morgan fingerprint density at radius 3 is 2.85 bits per heavy atom. The summed E-state index contributed by atoms with van der Waals surface area (Å²) < 4.78 is 0. The van der Waals surface area contributed by atoms with Crippen molar-refractivity contribution in [3.63, 3.8) is 0 Å². The van der Waals surface area contributed by atoms with Crippen LogP contribution in [-0.4, -0.2) is 23.2 Å². The highest BCUT2D eigenvalue weighted by atomic mass is 32.1. The Bertz CT molecular complexity index is 334. The van der Waals surface area contributed by atoms with E-state index in [1.165, 1.54) is 13.1 Å². The van der Waals surface area contributed by atoms with Crippen LogP contribution < -0.4 is 11.1 Å². The fourth-order valence-electron chi connectivity index (χ4n) is 0.665. The Labute approximate surface area is 79.0 Å². The van der Waals surface area contributed by atoms with Gasteiger partial charge >= 0.3 is 0 Å². The third kappa shape index (κ3) is 2.60. The number of ketones is 1. The largest absolute Gasteiger partial charge is 0.322 e. The molecular formula is C7H9N3O2S. The summed E-state index contributed by atoms with van der Waals surface area (Å²) in [6, 6.07) is 0. The van der Waals surface area contributed by atoms with E-state index in [4.69, 9.17) is 5.73 Å². The minimum Gasteiger partial charge on any atom is -0.322 e. The first kappa shape index (κ1) is 9.82. The van der Waals surface area contributed by atoms with E-state index in [2.05, 4.69) is 10.3 Å². The molecule has 0 saturated heterocycles. The molecule has 70 valence electrons. The molecule has 0 radical (unpaired) electrons. The van der Waals surface area contributed by atoms with Gasteiger partial charge in [0.2, 0.25) is 5.91 Å². The predicted octanol–water partition coefficient (Wildman–Crippen LogP) is 0.243. The number of Topliss-reactive ketones (excluding diaryl/α,β-unsaturated/α-hetero) is 1. The SMILES string of the molecule is CC(=O)c1cnc(NC(=O)CN)s1. The zero-order chi connectivity index (χ0) is 9.84. The number of aromatic nitrogens is 1. The first-order valence-electron chi connectivity index (χ1n) is 3.60. The molecule has 0 spiro atoms. The molecule has 5 nitrogen and oxygen atoms in total. The number of nitrogens with one attached hydrogen (secondary N) is 1. The van der Waals surface area contributed by atoms with Gasteiger partial charge in [0.15, 0.2) is 10.9 Å². The molecule has 0 aliphatic heterocycles. The lowest BCUT2D eigenvalue weighted by Gasteiger charge is -1.95. The van der Waals surface area contributed by atoms with Crippen LogP contribution in [0, 0.1) is 0 Å². The fraction of sp³-hybridized carbons (Fsp3) is 0.286. The second-order valence-corrected chi connectivity index (χ2v) is 3.37. The maximum atomic E-state index is 10.8. The van der Waals surface area contributed by atoms with Gasteiger partial charge in [0, 0.05) is 6.92 Å². The van der Waals surface area contributed by atoms with Gasteiger partial charge in [-0.15, -0.1) is 0 Å². The Morgan fingerprint density at radius 1 is 1.69 bits per heavy atom. The van der Waals surface area contributed by atoms with Crippen molar-refractivity contribution >= 4 is 28.2 Å². The summed E-state index contributed by atoms with van der Waals surface area (Å²) in [5.41, 5.74) is 5.08. The molecule has 0 aliphatic rings. The first-order chi connectivity index (χ1) is 6.13. The fourth-order valence-corrected chi connectivity index (χ4v) is 1.39. The summed E-state index contributed by atoms with van der Waals surface area (Å²) in [5, 5.41) is 2.86. The normalized spacial score (nSPS) is 9.69. The quantitative estimate of drug-likeness (QED) is 0.683. The zero-order valence-electron chi connectivity index (χ0n) is 7.03. The monoisotopic (exact) mass is 199 g/mol. The van der Waals surface area contributed by atoms with Crippen LogP contribution in [0.25, 0.3) is 0 Å². The predicted molar refractivity (Wildman–Crippen MR) is 49.8 cm³/mol. The van der Waals surface area contributed by atoms with Crippen molar-refractivity contribution in [2.24, 2.45) is 5.73 Å². The Hall–Kier alpha value is -1.27. The minimum atomic E-state index is -0.315. The van der Waals surface area contributed by atoms with E-state index in [-0.39, 0.29) is 18.2 Å². The molecule has 1 rings (SSSR count). The van der Waals surface area contributed by atoms with Gasteiger partial charge in [0.1, 0.15) is 0 Å². The molecule has 13 heavy (non-hydrogen) atoms. The van der Waals surface area contributed by atoms with Crippen molar-refractivity contribution in [1.29, 1.82) is 0 Å². The Balaban J connectivity index is 2.69. The summed E-state index contributed by atoms with van der Waals surface area (Å²) >= 11 is 1.14. The number of carbonyl (C=O) groups excluding carboxylic acids is 2. The lowest BCUT2D eigenvalue weighted by Crippen LogP contribution is -2.21. The number of nitrogens with two attached hydrogens (primary N) is 1. The molecule has 1 heterocycles. The third-order valence-electron chi connectivity index (χ3n) is 1.28. The van der Waals surface area contributed by atoms with Gasteiger partial charge in [0.05, 0.1) is 17.6 Å². The number of anilines is 1. The second kappa shape index (κ2) is 4.11. The molecule has 0 bridgehead atoms. The summed E-state index contributed by atoms with van der Waals surface area (Å²) in [6.07, 6.45) is 1.43. The van der Waals surface area contributed by atoms with E-state index in [0.717, 1.165) is 11.3 Å². The topological polar surface area (TPSA) is 85.1 Å². The van der Waals surface area contributed by atoms with Crippen molar-refractivity contribution < 1.29 is 9.59 Å². The molecule has 3 N–H and O–H groups in total. The summed E-state index contributed by atoms with van der Waals surface area (Å²) in [7, 11) is 0. The molecule has 0 unspecified atom stereocenters. The smallest absolute Gasteiger partial charge is 0.239 e. The van der Waals surface area contributed by atoms with Crippen LogP contribution in [0.5, 0.6) is 0 Å². The molecule has 0 aliphatic carbocycles. The Morgan fingerprint density at radius 2 is 2.38 bits per heavy atom. The molecular weight excluding hydrogens is 190 g/mol. The number of carbonyl (C=O) groups is 2. The maximum absolute atomic E-state index is 10.8. The Kier molecular flexibility index (Phi) is 3.10. The lowest BCUT2D eigenvalue weighted by molar-refractivity contribution is -0.114. The van der Waals surface area contributed by atoms with E-state index in [1.807, 2.05) is 0 Å². The molecule has 1 amide bonds. The van der Waals surface area contributed by atoms with Gasteiger partial charge in [0.25, 0.3) is 0 Å². The third-order valence-corrected chi connectivity index (χ3v) is 2.30. The molecule has 0 fully saturated rings. The van der Waals surface area contributed by atoms with Crippen LogP contribution in [-0.2, 0) is 4.79 Å². The summed E-state index contributed by atoms with van der Waals surface area (Å²) in [5.74, 6) is -0.379. The average molecular weight is 199 g/mol. The summed E-state index contributed by atoms with van der Waals surface area (Å²) in [6.45, 7) is 1.36. The van der Waals surface area contributed by atoms with Crippen LogP contribution in [0.3, 0.4) is 0 Å². The molecule has 0 saturated carbocycles. The highest BCUT2D eigenvalue weighted by Crippen LogP contribution is 2.17. The maximum Gasteiger partial charge on any atom is 0.239 e. The van der Waals surface area contributed by atoms with Crippen LogP contribution in [0.1, 0.15) is 16.6 Å². The van der Waals surface area contributed by atoms with Crippen LogP contribution in [0.4, 0.5) is 5.13 Å². The van der Waals surface area contributed by atoms with Crippen molar-refractivity contribution in [3.8, 4) is 0 Å². The van der Waals surface area contributed by atoms with Crippen molar-refractivity contribution in [3.05, 3.63) is 11.1 Å². The van der Waals surface area contributed by atoms with Crippen molar-refractivity contribution in [1.82, 2.24) is 4.98 Å². The second-order valence-electron chi connectivity index (χ2n) is 2.34. The molecule has 0 atom stereocenters. The van der Waals surface area contributed by atoms with Gasteiger partial charge in [-0.3, -0.25) is 9.59 Å². The van der Waals surface area contributed by atoms with E-state index in [1.54, 1.807) is 0 Å². The highest BCUT2D eigenvalue weighted by Gasteiger charge is 2.07. The summed E-state index contributed by atoms with van der Waals surface area (Å²) in [4.78, 5) is 26.0. The van der Waals surface area contributed by atoms with Gasteiger partial charge in [-0.05, 0) is 0 Å². The molecule has 1 aromatic heterocycles. The molecule has 0 aromatic carbocycles. The number of thiazole rings is 1. The van der Waals surface area contributed by atoms with E-state index in [9.17, 15) is 9.59 Å². The van der Waals surface area contributed by atoms with Crippen LogP contribution in [0.2, 0.25) is 0 Å². The van der Waals surface area contributed by atoms with Crippen molar-refractivity contribution in [2.75, 3.05) is 11.9 Å².